The molecule has 0 radical (unpaired) electrons. The van der Waals surface area contributed by atoms with Crippen molar-refractivity contribution < 1.29 is 18.7 Å². The van der Waals surface area contributed by atoms with E-state index in [2.05, 4.69) is 15.6 Å². The van der Waals surface area contributed by atoms with Crippen LogP contribution in [0.5, 0.6) is 5.88 Å². The van der Waals surface area contributed by atoms with Crippen molar-refractivity contribution in [3.63, 3.8) is 0 Å². The van der Waals surface area contributed by atoms with Crippen molar-refractivity contribution in [1.82, 2.24) is 10.3 Å². The summed E-state index contributed by atoms with van der Waals surface area (Å²) in [7, 11) is 1.33. The number of carbonyl (C=O) groups excluding carboxylic acids is 1. The van der Waals surface area contributed by atoms with E-state index in [1.165, 1.54) is 25.6 Å². The van der Waals surface area contributed by atoms with Crippen LogP contribution < -0.4 is 21.1 Å². The lowest BCUT2D eigenvalue weighted by molar-refractivity contribution is -0.114. The first-order chi connectivity index (χ1) is 12.4. The highest BCUT2D eigenvalue weighted by molar-refractivity contribution is 6.23. The zero-order valence-electron chi connectivity index (χ0n) is 14.2. The van der Waals surface area contributed by atoms with Gasteiger partial charge < -0.3 is 31.3 Å². The van der Waals surface area contributed by atoms with Crippen molar-refractivity contribution in [3.8, 4) is 5.88 Å². The van der Waals surface area contributed by atoms with Gasteiger partial charge in [0, 0.05) is 42.8 Å². The van der Waals surface area contributed by atoms with Gasteiger partial charge in [-0.15, -0.1) is 0 Å². The summed E-state index contributed by atoms with van der Waals surface area (Å²) in [6.45, 7) is 0.938. The minimum atomic E-state index is -0.834. The maximum atomic E-state index is 13.4. The van der Waals surface area contributed by atoms with E-state index < -0.39 is 11.9 Å². The third-order valence-corrected chi connectivity index (χ3v) is 3.85. The van der Waals surface area contributed by atoms with Crippen LogP contribution in [0.4, 0.5) is 10.1 Å². The minimum absolute atomic E-state index is 0.0243. The number of amidine groups is 1. The maximum Gasteiger partial charge on any atom is 0.253 e. The second-order valence-electron chi connectivity index (χ2n) is 5.61. The fourth-order valence-electron chi connectivity index (χ4n) is 2.44. The third-order valence-electron chi connectivity index (χ3n) is 3.85. The first-order valence-electron chi connectivity index (χ1n) is 7.86. The Hall–Kier alpha value is -3.01. The van der Waals surface area contributed by atoms with E-state index in [0.717, 1.165) is 6.07 Å². The average Bonchev–Trinajstić information content (AvgIpc) is 2.61. The van der Waals surface area contributed by atoms with Crippen molar-refractivity contribution in [3.05, 3.63) is 29.9 Å². The number of amides is 1. The Balaban J connectivity index is 2.13. The van der Waals surface area contributed by atoms with Crippen LogP contribution in [0.1, 0.15) is 6.42 Å². The molecule has 1 aliphatic rings. The molecule has 2 heterocycles. The highest BCUT2D eigenvalue weighted by Gasteiger charge is 2.23. The summed E-state index contributed by atoms with van der Waals surface area (Å²) < 4.78 is 23.7. The number of nitrogens with two attached hydrogens (primary N) is 1. The molecule has 1 unspecified atom stereocenters. The number of nitrogens with one attached hydrogen (secondary N) is 4. The minimum Gasteiger partial charge on any atom is -0.481 e. The lowest BCUT2D eigenvalue weighted by Crippen LogP contribution is -2.43. The van der Waals surface area contributed by atoms with Crippen molar-refractivity contribution in [2.24, 2.45) is 11.7 Å². The van der Waals surface area contributed by atoms with Gasteiger partial charge in [-0.3, -0.25) is 10.2 Å². The van der Waals surface area contributed by atoms with E-state index in [0.29, 0.717) is 19.6 Å². The van der Waals surface area contributed by atoms with Crippen molar-refractivity contribution >= 4 is 23.6 Å². The van der Waals surface area contributed by atoms with Gasteiger partial charge in [-0.05, 0) is 6.42 Å². The molecule has 26 heavy (non-hydrogen) atoms. The van der Waals surface area contributed by atoms with Gasteiger partial charge in [-0.1, -0.05) is 0 Å². The Labute approximate surface area is 149 Å². The van der Waals surface area contributed by atoms with Gasteiger partial charge in [-0.2, -0.15) is 9.37 Å². The number of hydrogen-bond acceptors (Lipinski definition) is 7. The van der Waals surface area contributed by atoms with Crippen LogP contribution in [0.3, 0.4) is 0 Å². The molecule has 1 aromatic rings. The Morgan fingerprint density at radius 2 is 2.31 bits per heavy atom. The molecule has 1 saturated heterocycles. The van der Waals surface area contributed by atoms with Gasteiger partial charge in [0.15, 0.2) is 0 Å². The topological polar surface area (TPSA) is 146 Å². The monoisotopic (exact) mass is 364 g/mol. The van der Waals surface area contributed by atoms with E-state index in [9.17, 15) is 9.18 Å². The number of anilines is 1. The number of rotatable bonds is 7. The molecule has 10 heteroatoms. The van der Waals surface area contributed by atoms with Gasteiger partial charge in [-0.25, -0.2) is 0 Å². The Morgan fingerprint density at radius 3 is 2.96 bits per heavy atom. The summed E-state index contributed by atoms with van der Waals surface area (Å²) in [5.74, 6) is -1.97. The first kappa shape index (κ1) is 19.3. The largest absolute Gasteiger partial charge is 0.481 e. The van der Waals surface area contributed by atoms with Gasteiger partial charge in [0.2, 0.25) is 11.8 Å². The van der Waals surface area contributed by atoms with Crippen LogP contribution in [0.15, 0.2) is 23.9 Å². The van der Waals surface area contributed by atoms with Crippen LogP contribution in [-0.2, 0) is 9.53 Å². The van der Waals surface area contributed by atoms with Crippen LogP contribution in [-0.4, -0.2) is 49.3 Å². The van der Waals surface area contributed by atoms with Crippen LogP contribution in [0.25, 0.3) is 0 Å². The fraction of sp³-hybridized carbons (Fsp3) is 0.375. The summed E-state index contributed by atoms with van der Waals surface area (Å²) in [5, 5.41) is 21.1. The first-order valence-corrected chi connectivity index (χ1v) is 7.86. The number of halogens is 1. The number of aromatic nitrogens is 1. The molecule has 2 atom stereocenters. The zero-order valence-corrected chi connectivity index (χ0v) is 14.2. The molecule has 6 N–H and O–H groups in total. The molecular weight excluding hydrogens is 343 g/mol. The SMILES string of the molecule is COc1cc(NC(=N)/C(=C\NC2COCC[C@@H]2C=N)C(N)=O)cc(F)n1. The Morgan fingerprint density at radius 1 is 1.54 bits per heavy atom. The summed E-state index contributed by atoms with van der Waals surface area (Å²) in [4.78, 5) is 15.2. The summed E-state index contributed by atoms with van der Waals surface area (Å²) in [5.41, 5.74) is 5.40. The molecule has 1 aliphatic heterocycles. The molecule has 140 valence electrons. The Bertz CT molecular complexity index is 724. The third kappa shape index (κ3) is 4.99. The molecule has 1 aromatic heterocycles. The maximum absolute atomic E-state index is 13.4. The average molecular weight is 364 g/mol. The van der Waals surface area contributed by atoms with E-state index >= 15 is 0 Å². The number of hydrogen-bond donors (Lipinski definition) is 5. The summed E-state index contributed by atoms with van der Waals surface area (Å²) >= 11 is 0. The number of nitrogens with zero attached hydrogens (tertiary/aromatic N) is 1. The van der Waals surface area contributed by atoms with E-state index in [-0.39, 0.29) is 34.9 Å². The number of ether oxygens (including phenoxy) is 2. The lowest BCUT2D eigenvalue weighted by Gasteiger charge is -2.29. The highest BCUT2D eigenvalue weighted by atomic mass is 19.1. The second-order valence-corrected chi connectivity index (χ2v) is 5.61. The standard InChI is InChI=1S/C16H21FN6O3/c1-25-14-5-10(4-13(17)23-14)22-15(19)11(16(20)24)7-21-12-8-26-3-2-9(12)6-18/h4-7,9,12,18,21H,2-3,8H2,1H3,(H2,20,24)(H2,19,22,23)/b11-7+,18-6?/t9-,12?/m1/s1. The summed E-state index contributed by atoms with van der Waals surface area (Å²) in [6, 6.07) is 2.23. The predicted molar refractivity (Wildman–Crippen MR) is 94.0 cm³/mol. The molecule has 0 aliphatic carbocycles. The number of carbonyl (C=O) groups is 1. The summed E-state index contributed by atoms with van der Waals surface area (Å²) in [6.07, 6.45) is 3.32. The van der Waals surface area contributed by atoms with Crippen molar-refractivity contribution in [1.29, 1.82) is 10.8 Å². The van der Waals surface area contributed by atoms with E-state index in [4.69, 9.17) is 26.0 Å². The van der Waals surface area contributed by atoms with Crippen molar-refractivity contribution in [2.75, 3.05) is 25.6 Å². The molecule has 0 saturated carbocycles. The molecule has 1 amide bonds. The molecule has 0 bridgehead atoms. The molecular formula is C16H21FN6O3. The van der Waals surface area contributed by atoms with Crippen LogP contribution >= 0.6 is 0 Å². The van der Waals surface area contributed by atoms with Crippen LogP contribution in [0.2, 0.25) is 0 Å². The molecule has 0 aromatic carbocycles. The smallest absolute Gasteiger partial charge is 0.253 e. The van der Waals surface area contributed by atoms with Gasteiger partial charge in [0.1, 0.15) is 5.84 Å². The molecule has 2 rings (SSSR count). The second kappa shape index (κ2) is 8.90. The fourth-order valence-corrected chi connectivity index (χ4v) is 2.44. The van der Waals surface area contributed by atoms with Gasteiger partial charge in [0.05, 0.1) is 25.3 Å². The zero-order chi connectivity index (χ0) is 19.1. The Kier molecular flexibility index (Phi) is 6.61. The van der Waals surface area contributed by atoms with Gasteiger partial charge in [0.25, 0.3) is 5.91 Å². The molecule has 0 spiro atoms. The highest BCUT2D eigenvalue weighted by Crippen LogP contribution is 2.17. The molecule has 9 nitrogen and oxygen atoms in total. The predicted octanol–water partition coefficient (Wildman–Crippen LogP) is 0.632. The quantitative estimate of drug-likeness (QED) is 0.208. The molecule has 1 fully saturated rings. The van der Waals surface area contributed by atoms with E-state index in [1.54, 1.807) is 0 Å². The lowest BCUT2D eigenvalue weighted by atomic mass is 9.96. The number of primary amides is 1. The number of methoxy groups -OCH3 is 1. The van der Waals surface area contributed by atoms with Crippen LogP contribution in [0, 0.1) is 22.7 Å². The normalized spacial score (nSPS) is 20.2. The number of pyridine rings is 1. The van der Waals surface area contributed by atoms with Gasteiger partial charge >= 0.3 is 0 Å². The van der Waals surface area contributed by atoms with Crippen molar-refractivity contribution in [2.45, 2.75) is 12.5 Å². The van der Waals surface area contributed by atoms with E-state index in [1.807, 2.05) is 0 Å².